The summed E-state index contributed by atoms with van der Waals surface area (Å²) in [6, 6.07) is 10.9. The van der Waals surface area contributed by atoms with Gasteiger partial charge in [0.2, 0.25) is 5.52 Å². The first-order valence-electron chi connectivity index (χ1n) is 3.92. The van der Waals surface area contributed by atoms with Crippen molar-refractivity contribution in [3.8, 4) is 0 Å². The third kappa shape index (κ3) is 1.36. The molecule has 1 aromatic carbocycles. The number of aromatic carboxylic acids is 1. The number of para-hydroxylation sites is 1. The number of carboxylic acid groups (broad SMARTS) is 1. The third-order valence-electron chi connectivity index (χ3n) is 1.89. The second-order valence-corrected chi connectivity index (χ2v) is 2.76. The van der Waals surface area contributed by atoms with Crippen molar-refractivity contribution in [1.82, 2.24) is 0 Å². The fourth-order valence-electron chi connectivity index (χ4n) is 1.24. The molecule has 1 heterocycles. The summed E-state index contributed by atoms with van der Waals surface area (Å²) in [5.41, 5.74) is 1.04. The Morgan fingerprint density at radius 1 is 1.15 bits per heavy atom. The normalized spacial score (nSPS) is 10.2. The smallest absolute Gasteiger partial charge is 0.401 e. The lowest BCUT2D eigenvalue weighted by molar-refractivity contribution is -0.350. The van der Waals surface area contributed by atoms with E-state index in [-0.39, 0.29) is 5.69 Å². The number of hydrogen-bond acceptors (Lipinski definition) is 1. The zero-order chi connectivity index (χ0) is 9.26. The van der Waals surface area contributed by atoms with E-state index in [1.54, 1.807) is 12.1 Å². The van der Waals surface area contributed by atoms with E-state index in [4.69, 9.17) is 5.11 Å². The molecule has 0 saturated carbocycles. The Morgan fingerprint density at radius 3 is 2.69 bits per heavy atom. The first-order chi connectivity index (χ1) is 6.27. The van der Waals surface area contributed by atoms with Crippen molar-refractivity contribution in [3.63, 3.8) is 0 Å². The van der Waals surface area contributed by atoms with Gasteiger partial charge in [-0.1, -0.05) is 12.1 Å². The number of carboxylic acids is 1. The monoisotopic (exact) mass is 174 g/mol. The second-order valence-electron chi connectivity index (χ2n) is 2.76. The van der Waals surface area contributed by atoms with Gasteiger partial charge < -0.3 is 5.11 Å². The van der Waals surface area contributed by atoms with E-state index in [0.717, 1.165) is 10.9 Å². The number of benzene rings is 1. The Labute approximate surface area is 74.7 Å². The fourth-order valence-corrected chi connectivity index (χ4v) is 1.24. The van der Waals surface area contributed by atoms with Gasteiger partial charge in [0, 0.05) is 17.5 Å². The Hall–Kier alpha value is -1.90. The van der Waals surface area contributed by atoms with Gasteiger partial charge in [0.1, 0.15) is 0 Å². The van der Waals surface area contributed by atoms with Crippen molar-refractivity contribution in [2.24, 2.45) is 0 Å². The summed E-state index contributed by atoms with van der Waals surface area (Å²) in [5.74, 6) is -0.939. The molecule has 0 aliphatic rings. The maximum Gasteiger partial charge on any atom is 0.401 e. The number of aromatic amines is 1. The van der Waals surface area contributed by atoms with Crippen LogP contribution in [-0.4, -0.2) is 11.1 Å². The van der Waals surface area contributed by atoms with Crippen LogP contribution in [0, 0.1) is 0 Å². The van der Waals surface area contributed by atoms with Crippen molar-refractivity contribution < 1.29 is 14.9 Å². The van der Waals surface area contributed by atoms with Crippen LogP contribution in [-0.2, 0) is 0 Å². The molecule has 0 amide bonds. The van der Waals surface area contributed by atoms with Crippen LogP contribution in [0.25, 0.3) is 10.9 Å². The average molecular weight is 174 g/mol. The van der Waals surface area contributed by atoms with Gasteiger partial charge in [0.05, 0.1) is 0 Å². The van der Waals surface area contributed by atoms with E-state index in [2.05, 4.69) is 4.98 Å². The SMILES string of the molecule is O=C(O)c1ccc2ccccc2[nH+]1. The number of nitrogens with one attached hydrogen (secondary N) is 1. The van der Waals surface area contributed by atoms with Crippen LogP contribution in [0.15, 0.2) is 36.4 Å². The molecule has 3 nitrogen and oxygen atoms in total. The van der Waals surface area contributed by atoms with Gasteiger partial charge in [-0.15, -0.1) is 0 Å². The van der Waals surface area contributed by atoms with Gasteiger partial charge in [-0.3, -0.25) is 0 Å². The Kier molecular flexibility index (Phi) is 1.70. The highest BCUT2D eigenvalue weighted by molar-refractivity contribution is 5.86. The maximum atomic E-state index is 10.6. The zero-order valence-electron chi connectivity index (χ0n) is 6.82. The molecule has 64 valence electrons. The van der Waals surface area contributed by atoms with Crippen molar-refractivity contribution in [3.05, 3.63) is 42.1 Å². The van der Waals surface area contributed by atoms with Crippen LogP contribution in [0.1, 0.15) is 10.5 Å². The lowest BCUT2D eigenvalue weighted by atomic mass is 10.2. The van der Waals surface area contributed by atoms with E-state index in [1.165, 1.54) is 0 Å². The minimum absolute atomic E-state index is 0.207. The first kappa shape index (κ1) is 7.73. The number of H-pyrrole nitrogens is 1. The van der Waals surface area contributed by atoms with Crippen molar-refractivity contribution in [2.75, 3.05) is 0 Å². The van der Waals surface area contributed by atoms with Gasteiger partial charge >= 0.3 is 5.97 Å². The summed E-state index contributed by atoms with van der Waals surface area (Å²) in [6.07, 6.45) is 0. The molecule has 2 rings (SSSR count). The molecule has 0 spiro atoms. The number of hydrogen-bond donors (Lipinski definition) is 1. The fraction of sp³-hybridized carbons (Fsp3) is 0. The van der Waals surface area contributed by atoms with Crippen molar-refractivity contribution in [1.29, 1.82) is 0 Å². The van der Waals surface area contributed by atoms with Crippen LogP contribution in [0.3, 0.4) is 0 Å². The summed E-state index contributed by atoms with van der Waals surface area (Å²) in [5, 5.41) is 9.72. The van der Waals surface area contributed by atoms with Crippen LogP contribution < -0.4 is 4.98 Å². The van der Waals surface area contributed by atoms with Crippen molar-refractivity contribution in [2.45, 2.75) is 0 Å². The van der Waals surface area contributed by atoms with E-state index < -0.39 is 5.97 Å². The zero-order valence-corrected chi connectivity index (χ0v) is 6.82. The molecule has 0 saturated heterocycles. The summed E-state index contributed by atoms with van der Waals surface area (Å²) in [6.45, 7) is 0. The summed E-state index contributed by atoms with van der Waals surface area (Å²) in [7, 11) is 0. The Balaban J connectivity index is 2.69. The number of aromatic nitrogens is 1. The summed E-state index contributed by atoms with van der Waals surface area (Å²) < 4.78 is 0. The largest absolute Gasteiger partial charge is 0.473 e. The minimum Gasteiger partial charge on any atom is -0.473 e. The molecule has 0 aliphatic heterocycles. The molecule has 0 atom stereocenters. The molecule has 0 unspecified atom stereocenters. The van der Waals surface area contributed by atoms with Gasteiger partial charge in [-0.2, -0.15) is 4.98 Å². The van der Waals surface area contributed by atoms with Crippen LogP contribution in [0.5, 0.6) is 0 Å². The van der Waals surface area contributed by atoms with Gasteiger partial charge in [-0.05, 0) is 12.1 Å². The highest BCUT2D eigenvalue weighted by Gasteiger charge is 2.11. The number of fused-ring (bicyclic) bond motifs is 1. The van der Waals surface area contributed by atoms with Crippen LogP contribution in [0.4, 0.5) is 0 Å². The highest BCUT2D eigenvalue weighted by atomic mass is 16.4. The maximum absolute atomic E-state index is 10.6. The quantitative estimate of drug-likeness (QED) is 0.709. The Morgan fingerprint density at radius 2 is 1.92 bits per heavy atom. The van der Waals surface area contributed by atoms with E-state index in [0.29, 0.717) is 0 Å². The highest BCUT2D eigenvalue weighted by Crippen LogP contribution is 2.07. The standard InChI is InChI=1S/C10H7NO2/c12-10(13)9-6-5-7-3-1-2-4-8(7)11-9/h1-6H,(H,12,13)/p+1. The third-order valence-corrected chi connectivity index (χ3v) is 1.89. The number of carbonyl (C=O) groups is 1. The topological polar surface area (TPSA) is 51.4 Å². The molecule has 1 aromatic heterocycles. The summed E-state index contributed by atoms with van der Waals surface area (Å²) in [4.78, 5) is 13.4. The molecule has 3 heteroatoms. The van der Waals surface area contributed by atoms with Crippen molar-refractivity contribution >= 4 is 16.9 Å². The molecule has 2 N–H and O–H groups in total. The van der Waals surface area contributed by atoms with Crippen LogP contribution >= 0.6 is 0 Å². The lowest BCUT2D eigenvalue weighted by Crippen LogP contribution is -2.16. The van der Waals surface area contributed by atoms with E-state index in [1.807, 2.05) is 24.3 Å². The minimum atomic E-state index is -0.939. The molecule has 0 fully saturated rings. The second kappa shape index (κ2) is 2.86. The molecule has 0 aliphatic carbocycles. The Bertz CT molecular complexity index is 465. The molecular formula is C10H8NO2+. The van der Waals surface area contributed by atoms with Gasteiger partial charge in [0.25, 0.3) is 5.69 Å². The van der Waals surface area contributed by atoms with Crippen LogP contribution in [0.2, 0.25) is 0 Å². The van der Waals surface area contributed by atoms with Gasteiger partial charge in [0.15, 0.2) is 0 Å². The molecule has 13 heavy (non-hydrogen) atoms. The average Bonchev–Trinajstić information content (AvgIpc) is 2.17. The molecular weight excluding hydrogens is 166 g/mol. The predicted molar refractivity (Wildman–Crippen MR) is 47.5 cm³/mol. The van der Waals surface area contributed by atoms with E-state index in [9.17, 15) is 4.79 Å². The lowest BCUT2D eigenvalue weighted by Gasteiger charge is -1.91. The molecule has 0 bridgehead atoms. The van der Waals surface area contributed by atoms with E-state index >= 15 is 0 Å². The first-order valence-corrected chi connectivity index (χ1v) is 3.92. The molecule has 0 radical (unpaired) electrons. The number of rotatable bonds is 1. The predicted octanol–water partition coefficient (Wildman–Crippen LogP) is 1.35. The molecule has 2 aromatic rings. The number of pyridine rings is 1. The van der Waals surface area contributed by atoms with Gasteiger partial charge in [-0.25, -0.2) is 4.79 Å². The summed E-state index contributed by atoms with van der Waals surface area (Å²) >= 11 is 0.